The maximum Gasteiger partial charge on any atom is 0.242 e. The molecule has 98 valence electrons. The van der Waals surface area contributed by atoms with Crippen molar-refractivity contribution in [1.29, 1.82) is 0 Å². The SMILES string of the molecule is Cc1cc(F)ccc1NCC(=O)N1CCOCC1. The van der Waals surface area contributed by atoms with Crippen LogP contribution in [0.2, 0.25) is 0 Å². The van der Waals surface area contributed by atoms with Gasteiger partial charge in [-0.2, -0.15) is 0 Å². The minimum Gasteiger partial charge on any atom is -0.378 e. The van der Waals surface area contributed by atoms with Crippen LogP contribution in [0, 0.1) is 12.7 Å². The number of carbonyl (C=O) groups excluding carboxylic acids is 1. The van der Waals surface area contributed by atoms with Gasteiger partial charge in [-0.15, -0.1) is 0 Å². The lowest BCUT2D eigenvalue weighted by Crippen LogP contribution is -2.43. The number of halogens is 1. The first kappa shape index (κ1) is 12.8. The number of benzene rings is 1. The Kier molecular flexibility index (Phi) is 4.15. The lowest BCUT2D eigenvalue weighted by molar-refractivity contribution is -0.133. The fourth-order valence-electron chi connectivity index (χ4n) is 1.92. The van der Waals surface area contributed by atoms with E-state index < -0.39 is 0 Å². The fraction of sp³-hybridized carbons (Fsp3) is 0.462. The number of anilines is 1. The van der Waals surface area contributed by atoms with E-state index in [2.05, 4.69) is 5.32 Å². The summed E-state index contributed by atoms with van der Waals surface area (Å²) in [5, 5.41) is 3.04. The molecule has 1 heterocycles. The maximum atomic E-state index is 12.9. The second kappa shape index (κ2) is 5.82. The molecule has 2 rings (SSSR count). The third-order valence-corrected chi connectivity index (χ3v) is 2.98. The normalized spacial score (nSPS) is 15.6. The monoisotopic (exact) mass is 252 g/mol. The highest BCUT2D eigenvalue weighted by atomic mass is 19.1. The molecule has 0 unspecified atom stereocenters. The number of nitrogens with zero attached hydrogens (tertiary/aromatic N) is 1. The van der Waals surface area contributed by atoms with Gasteiger partial charge in [-0.05, 0) is 30.7 Å². The first-order valence-corrected chi connectivity index (χ1v) is 6.02. The summed E-state index contributed by atoms with van der Waals surface area (Å²) in [5.41, 5.74) is 1.59. The van der Waals surface area contributed by atoms with Crippen LogP contribution in [0.15, 0.2) is 18.2 Å². The van der Waals surface area contributed by atoms with Crippen molar-refractivity contribution in [1.82, 2.24) is 4.90 Å². The van der Waals surface area contributed by atoms with Gasteiger partial charge in [0.25, 0.3) is 0 Å². The second-order valence-corrected chi connectivity index (χ2v) is 4.31. The van der Waals surface area contributed by atoms with E-state index in [1.54, 1.807) is 11.0 Å². The summed E-state index contributed by atoms with van der Waals surface area (Å²) < 4.78 is 18.1. The molecule has 1 aromatic carbocycles. The predicted molar refractivity (Wildman–Crippen MR) is 67.0 cm³/mol. The van der Waals surface area contributed by atoms with Crippen LogP contribution in [-0.4, -0.2) is 43.7 Å². The molecule has 1 fully saturated rings. The van der Waals surface area contributed by atoms with Crippen LogP contribution in [0.3, 0.4) is 0 Å². The maximum absolute atomic E-state index is 12.9. The molecule has 1 saturated heterocycles. The number of morpholine rings is 1. The van der Waals surface area contributed by atoms with Crippen molar-refractivity contribution in [2.24, 2.45) is 0 Å². The van der Waals surface area contributed by atoms with Crippen molar-refractivity contribution < 1.29 is 13.9 Å². The Morgan fingerprint density at radius 1 is 1.44 bits per heavy atom. The van der Waals surface area contributed by atoms with E-state index >= 15 is 0 Å². The molecule has 0 aliphatic carbocycles. The summed E-state index contributed by atoms with van der Waals surface area (Å²) in [6.07, 6.45) is 0. The summed E-state index contributed by atoms with van der Waals surface area (Å²) >= 11 is 0. The molecular weight excluding hydrogens is 235 g/mol. The molecule has 4 nitrogen and oxygen atoms in total. The summed E-state index contributed by atoms with van der Waals surface area (Å²) in [4.78, 5) is 13.7. The van der Waals surface area contributed by atoms with Gasteiger partial charge < -0.3 is 15.0 Å². The second-order valence-electron chi connectivity index (χ2n) is 4.31. The molecule has 1 aliphatic rings. The number of carbonyl (C=O) groups is 1. The first-order valence-electron chi connectivity index (χ1n) is 6.02. The molecule has 1 aromatic rings. The van der Waals surface area contributed by atoms with Crippen LogP contribution < -0.4 is 5.32 Å². The summed E-state index contributed by atoms with van der Waals surface area (Å²) in [6.45, 7) is 4.52. The largest absolute Gasteiger partial charge is 0.378 e. The Labute approximate surface area is 106 Å². The molecule has 0 radical (unpaired) electrons. The molecule has 1 N–H and O–H groups in total. The molecule has 0 saturated carbocycles. The Hall–Kier alpha value is -1.62. The van der Waals surface area contributed by atoms with Crippen molar-refractivity contribution in [2.75, 3.05) is 38.2 Å². The Morgan fingerprint density at radius 2 is 2.17 bits per heavy atom. The highest BCUT2D eigenvalue weighted by Gasteiger charge is 2.16. The molecule has 0 aromatic heterocycles. The van der Waals surface area contributed by atoms with Crippen molar-refractivity contribution in [3.8, 4) is 0 Å². The quantitative estimate of drug-likeness (QED) is 0.884. The van der Waals surface area contributed by atoms with Crippen LogP contribution >= 0.6 is 0 Å². The molecule has 1 aliphatic heterocycles. The molecule has 0 spiro atoms. The zero-order valence-corrected chi connectivity index (χ0v) is 10.4. The van der Waals surface area contributed by atoms with Gasteiger partial charge in [0.2, 0.25) is 5.91 Å². The van der Waals surface area contributed by atoms with Crippen molar-refractivity contribution in [3.05, 3.63) is 29.6 Å². The van der Waals surface area contributed by atoms with E-state index in [1.807, 2.05) is 6.92 Å². The number of rotatable bonds is 3. The minimum atomic E-state index is -0.266. The van der Waals surface area contributed by atoms with Gasteiger partial charge in [-0.1, -0.05) is 0 Å². The van der Waals surface area contributed by atoms with Gasteiger partial charge in [0.1, 0.15) is 5.82 Å². The van der Waals surface area contributed by atoms with Crippen LogP contribution in [-0.2, 0) is 9.53 Å². The topological polar surface area (TPSA) is 41.6 Å². The van der Waals surface area contributed by atoms with Gasteiger partial charge in [-0.3, -0.25) is 4.79 Å². The summed E-state index contributed by atoms with van der Waals surface area (Å²) in [5.74, 6) is -0.223. The Morgan fingerprint density at radius 3 is 2.83 bits per heavy atom. The highest BCUT2D eigenvalue weighted by Crippen LogP contribution is 2.15. The predicted octanol–water partition coefficient (Wildman–Crippen LogP) is 1.40. The fourth-order valence-corrected chi connectivity index (χ4v) is 1.92. The van der Waals surface area contributed by atoms with Crippen LogP contribution in [0.25, 0.3) is 0 Å². The molecule has 5 heteroatoms. The number of aryl methyl sites for hydroxylation is 1. The standard InChI is InChI=1S/C13H17FN2O2/c1-10-8-11(14)2-3-12(10)15-9-13(17)16-4-6-18-7-5-16/h2-3,8,15H,4-7,9H2,1H3. The van der Waals surface area contributed by atoms with E-state index in [4.69, 9.17) is 4.74 Å². The number of nitrogens with one attached hydrogen (secondary N) is 1. The first-order chi connectivity index (χ1) is 8.66. The molecule has 18 heavy (non-hydrogen) atoms. The number of ether oxygens (including phenoxy) is 1. The van der Waals surface area contributed by atoms with Crippen LogP contribution in [0.1, 0.15) is 5.56 Å². The molecule has 0 bridgehead atoms. The van der Waals surface area contributed by atoms with Gasteiger partial charge >= 0.3 is 0 Å². The highest BCUT2D eigenvalue weighted by molar-refractivity contribution is 5.81. The van der Waals surface area contributed by atoms with Crippen molar-refractivity contribution in [2.45, 2.75) is 6.92 Å². The Bertz CT molecular complexity index is 431. The van der Waals surface area contributed by atoms with Gasteiger partial charge in [0, 0.05) is 18.8 Å². The van der Waals surface area contributed by atoms with Crippen LogP contribution in [0.5, 0.6) is 0 Å². The van der Waals surface area contributed by atoms with E-state index in [0.717, 1.165) is 11.3 Å². The van der Waals surface area contributed by atoms with Crippen molar-refractivity contribution in [3.63, 3.8) is 0 Å². The summed E-state index contributed by atoms with van der Waals surface area (Å²) in [7, 11) is 0. The smallest absolute Gasteiger partial charge is 0.242 e. The van der Waals surface area contributed by atoms with Crippen LogP contribution in [0.4, 0.5) is 10.1 Å². The van der Waals surface area contributed by atoms with E-state index in [9.17, 15) is 9.18 Å². The lowest BCUT2D eigenvalue weighted by Gasteiger charge is -2.27. The Balaban J connectivity index is 1.88. The van der Waals surface area contributed by atoms with E-state index in [-0.39, 0.29) is 18.3 Å². The summed E-state index contributed by atoms with van der Waals surface area (Å²) in [6, 6.07) is 4.48. The molecular formula is C13H17FN2O2. The minimum absolute atomic E-state index is 0.0435. The third kappa shape index (κ3) is 3.20. The average Bonchev–Trinajstić information content (AvgIpc) is 2.38. The lowest BCUT2D eigenvalue weighted by atomic mass is 10.2. The third-order valence-electron chi connectivity index (χ3n) is 2.98. The number of hydrogen-bond donors (Lipinski definition) is 1. The number of amides is 1. The van der Waals surface area contributed by atoms with Gasteiger partial charge in [0.15, 0.2) is 0 Å². The van der Waals surface area contributed by atoms with E-state index in [0.29, 0.717) is 26.3 Å². The molecule has 1 amide bonds. The number of hydrogen-bond acceptors (Lipinski definition) is 3. The zero-order chi connectivity index (χ0) is 13.0. The molecule has 0 atom stereocenters. The average molecular weight is 252 g/mol. The van der Waals surface area contributed by atoms with Gasteiger partial charge in [-0.25, -0.2) is 4.39 Å². The van der Waals surface area contributed by atoms with Gasteiger partial charge in [0.05, 0.1) is 19.8 Å². The van der Waals surface area contributed by atoms with E-state index in [1.165, 1.54) is 12.1 Å². The van der Waals surface area contributed by atoms with Crippen molar-refractivity contribution >= 4 is 11.6 Å². The zero-order valence-electron chi connectivity index (χ0n) is 10.4.